The maximum Gasteiger partial charge on any atom is 0.274 e. The van der Waals surface area contributed by atoms with Crippen molar-refractivity contribution in [1.29, 1.82) is 0 Å². The number of nitrogens with zero attached hydrogens (tertiary/aromatic N) is 3. The molecule has 6 heteroatoms. The van der Waals surface area contributed by atoms with Crippen LogP contribution in [0.15, 0.2) is 23.7 Å². The molecule has 2 heterocycles. The molecule has 1 saturated carbocycles. The maximum absolute atomic E-state index is 12.3. The minimum absolute atomic E-state index is 0.136. The van der Waals surface area contributed by atoms with Crippen LogP contribution in [0, 0.1) is 0 Å². The first-order valence-corrected chi connectivity index (χ1v) is 7.30. The Morgan fingerprint density at radius 2 is 2.26 bits per heavy atom. The van der Waals surface area contributed by atoms with Gasteiger partial charge < -0.3 is 5.32 Å². The highest BCUT2D eigenvalue weighted by Gasteiger charge is 2.38. The molecule has 0 aliphatic heterocycles. The Hall–Kier alpha value is -1.69. The molecular weight excluding hydrogens is 260 g/mol. The van der Waals surface area contributed by atoms with Gasteiger partial charge in [-0.3, -0.25) is 9.48 Å². The summed E-state index contributed by atoms with van der Waals surface area (Å²) in [6, 6.07) is 4.14. The van der Waals surface area contributed by atoms with Crippen LogP contribution in [0.4, 0.5) is 0 Å². The lowest BCUT2D eigenvalue weighted by Crippen LogP contribution is -2.43. The van der Waals surface area contributed by atoms with Crippen LogP contribution in [-0.2, 0) is 12.6 Å². The summed E-state index contributed by atoms with van der Waals surface area (Å²) >= 11 is 1.71. The van der Waals surface area contributed by atoms with Gasteiger partial charge in [-0.25, -0.2) is 0 Å². The summed E-state index contributed by atoms with van der Waals surface area (Å²) < 4.78 is 1.54. The van der Waals surface area contributed by atoms with Crippen molar-refractivity contribution in [2.75, 3.05) is 0 Å². The van der Waals surface area contributed by atoms with Crippen molar-refractivity contribution in [3.05, 3.63) is 34.3 Å². The highest BCUT2D eigenvalue weighted by molar-refractivity contribution is 7.10. The first-order chi connectivity index (χ1) is 9.20. The number of aromatic nitrogens is 3. The zero-order valence-corrected chi connectivity index (χ0v) is 11.6. The predicted octanol–water partition coefficient (Wildman–Crippen LogP) is 2.08. The summed E-state index contributed by atoms with van der Waals surface area (Å²) in [6.45, 7) is 0. The molecule has 0 saturated heterocycles. The Kier molecular flexibility index (Phi) is 3.10. The third kappa shape index (κ3) is 2.28. The van der Waals surface area contributed by atoms with Crippen LogP contribution in [0.3, 0.4) is 0 Å². The number of hydrogen-bond donors (Lipinski definition) is 1. The summed E-state index contributed by atoms with van der Waals surface area (Å²) in [5.41, 5.74) is 0.174. The molecule has 5 nitrogen and oxygen atoms in total. The summed E-state index contributed by atoms with van der Waals surface area (Å²) in [4.78, 5) is 13.5. The number of carbonyl (C=O) groups is 1. The van der Waals surface area contributed by atoms with E-state index >= 15 is 0 Å². The van der Waals surface area contributed by atoms with Crippen molar-refractivity contribution in [3.8, 4) is 0 Å². The Morgan fingerprint density at radius 3 is 2.84 bits per heavy atom. The fourth-order valence-electron chi connectivity index (χ4n) is 2.70. The molecule has 0 radical (unpaired) electrons. The predicted molar refractivity (Wildman–Crippen MR) is 72.9 cm³/mol. The van der Waals surface area contributed by atoms with Crippen LogP contribution in [-0.4, -0.2) is 20.9 Å². The van der Waals surface area contributed by atoms with Crippen LogP contribution in [0.2, 0.25) is 0 Å². The molecule has 3 rings (SSSR count). The third-order valence-electron chi connectivity index (χ3n) is 3.64. The molecule has 0 atom stereocenters. The monoisotopic (exact) mass is 276 g/mol. The normalized spacial score (nSPS) is 17.5. The van der Waals surface area contributed by atoms with Crippen molar-refractivity contribution in [3.63, 3.8) is 0 Å². The Morgan fingerprint density at radius 1 is 1.47 bits per heavy atom. The molecular formula is C13H16N4OS. The minimum Gasteiger partial charge on any atom is -0.340 e. The molecule has 0 aromatic carbocycles. The average Bonchev–Trinajstić information content (AvgIpc) is 3.08. The number of nitrogens with one attached hydrogen (secondary N) is 1. The lowest BCUT2D eigenvalue weighted by molar-refractivity contribution is 0.0894. The van der Waals surface area contributed by atoms with Gasteiger partial charge in [0.05, 0.1) is 11.7 Å². The molecule has 0 unspecified atom stereocenters. The van der Waals surface area contributed by atoms with Gasteiger partial charge in [-0.1, -0.05) is 24.1 Å². The van der Waals surface area contributed by atoms with E-state index in [1.165, 1.54) is 4.88 Å². The van der Waals surface area contributed by atoms with Gasteiger partial charge in [-0.2, -0.15) is 0 Å². The van der Waals surface area contributed by atoms with Gasteiger partial charge in [0.15, 0.2) is 5.69 Å². The smallest absolute Gasteiger partial charge is 0.274 e. The number of rotatable bonds is 3. The average molecular weight is 276 g/mol. The van der Waals surface area contributed by atoms with Crippen molar-refractivity contribution in [2.45, 2.75) is 31.2 Å². The lowest BCUT2D eigenvalue weighted by Gasteiger charge is -2.28. The Balaban J connectivity index is 1.85. The van der Waals surface area contributed by atoms with Gasteiger partial charge in [0, 0.05) is 11.9 Å². The third-order valence-corrected chi connectivity index (χ3v) is 4.71. The van der Waals surface area contributed by atoms with Crippen LogP contribution in [0.25, 0.3) is 0 Å². The van der Waals surface area contributed by atoms with Gasteiger partial charge in [-0.15, -0.1) is 16.4 Å². The van der Waals surface area contributed by atoms with E-state index in [0.717, 1.165) is 25.7 Å². The van der Waals surface area contributed by atoms with Crippen LogP contribution in [0.1, 0.15) is 41.0 Å². The molecule has 1 N–H and O–H groups in total. The molecule has 1 aliphatic rings. The number of thiophene rings is 1. The second-order valence-electron chi connectivity index (χ2n) is 5.00. The molecule has 100 valence electrons. The quantitative estimate of drug-likeness (QED) is 0.933. The van der Waals surface area contributed by atoms with E-state index in [9.17, 15) is 4.79 Å². The molecule has 0 spiro atoms. The second-order valence-corrected chi connectivity index (χ2v) is 5.95. The van der Waals surface area contributed by atoms with E-state index in [1.807, 2.05) is 6.07 Å². The molecule has 1 amide bonds. The zero-order chi connectivity index (χ0) is 13.3. The number of carbonyl (C=O) groups excluding carboxylic acids is 1. The van der Waals surface area contributed by atoms with Crippen molar-refractivity contribution in [1.82, 2.24) is 20.3 Å². The second kappa shape index (κ2) is 4.77. The Bertz CT molecular complexity index is 569. The minimum atomic E-state index is -0.206. The van der Waals surface area contributed by atoms with Crippen LogP contribution >= 0.6 is 11.3 Å². The largest absolute Gasteiger partial charge is 0.340 e. The topological polar surface area (TPSA) is 59.8 Å². The van der Waals surface area contributed by atoms with E-state index in [-0.39, 0.29) is 11.4 Å². The van der Waals surface area contributed by atoms with E-state index in [4.69, 9.17) is 0 Å². The fraction of sp³-hybridized carbons (Fsp3) is 0.462. The van der Waals surface area contributed by atoms with Gasteiger partial charge in [0.25, 0.3) is 5.91 Å². The standard InChI is InChI=1S/C13H16N4OS/c1-17-9-10(15-16-17)12(18)14-13(6-2-3-7-13)11-5-4-8-19-11/h4-5,8-9H,2-3,6-7H2,1H3,(H,14,18). The first kappa shape index (κ1) is 12.3. The number of aryl methyl sites for hydroxylation is 1. The van der Waals surface area contributed by atoms with E-state index < -0.39 is 0 Å². The highest BCUT2D eigenvalue weighted by Crippen LogP contribution is 2.40. The van der Waals surface area contributed by atoms with Crippen molar-refractivity contribution >= 4 is 17.2 Å². The van der Waals surface area contributed by atoms with E-state index in [1.54, 1.807) is 29.3 Å². The highest BCUT2D eigenvalue weighted by atomic mass is 32.1. The van der Waals surface area contributed by atoms with Crippen LogP contribution in [0.5, 0.6) is 0 Å². The van der Waals surface area contributed by atoms with Gasteiger partial charge in [0.1, 0.15) is 0 Å². The molecule has 0 bridgehead atoms. The molecule has 2 aromatic rings. The Labute approximate surface area is 115 Å². The van der Waals surface area contributed by atoms with E-state index in [0.29, 0.717) is 5.69 Å². The number of amides is 1. The molecule has 1 fully saturated rings. The van der Waals surface area contributed by atoms with E-state index in [2.05, 4.69) is 27.1 Å². The van der Waals surface area contributed by atoms with Crippen LogP contribution < -0.4 is 5.32 Å². The lowest BCUT2D eigenvalue weighted by atomic mass is 9.95. The molecule has 19 heavy (non-hydrogen) atoms. The summed E-state index contributed by atoms with van der Waals surface area (Å²) in [5.74, 6) is -0.136. The maximum atomic E-state index is 12.3. The SMILES string of the molecule is Cn1cc(C(=O)NC2(c3cccs3)CCCC2)nn1. The molecule has 1 aliphatic carbocycles. The number of hydrogen-bond acceptors (Lipinski definition) is 4. The fourth-order valence-corrected chi connectivity index (χ4v) is 3.64. The summed E-state index contributed by atoms with van der Waals surface area (Å²) in [5, 5.41) is 12.9. The van der Waals surface area contributed by atoms with Crippen molar-refractivity contribution < 1.29 is 4.79 Å². The zero-order valence-electron chi connectivity index (χ0n) is 10.8. The van der Waals surface area contributed by atoms with Gasteiger partial charge in [0.2, 0.25) is 0 Å². The summed E-state index contributed by atoms with van der Waals surface area (Å²) in [7, 11) is 1.76. The van der Waals surface area contributed by atoms with Crippen molar-refractivity contribution in [2.24, 2.45) is 7.05 Å². The molecule has 2 aromatic heterocycles. The first-order valence-electron chi connectivity index (χ1n) is 6.42. The summed E-state index contributed by atoms with van der Waals surface area (Å²) in [6.07, 6.45) is 5.95. The van der Waals surface area contributed by atoms with Gasteiger partial charge >= 0.3 is 0 Å². The van der Waals surface area contributed by atoms with Gasteiger partial charge in [-0.05, 0) is 24.3 Å².